The Morgan fingerprint density at radius 3 is 2.39 bits per heavy atom. The number of aliphatic imine (C=N–C) groups is 1. The van der Waals surface area contributed by atoms with Crippen molar-refractivity contribution < 1.29 is 4.74 Å². The summed E-state index contributed by atoms with van der Waals surface area (Å²) >= 11 is 0. The molecule has 8 heteroatoms. The molecule has 0 saturated carbocycles. The molecule has 0 amide bonds. The SMILES string of the molecule is CCNC(=NCC1(N2CCCCC2)CCN(C)CC1)N1CCC(N2CCOCC2)C1.I. The van der Waals surface area contributed by atoms with E-state index in [1.807, 2.05) is 0 Å². The first-order chi connectivity index (χ1) is 14.7. The van der Waals surface area contributed by atoms with Gasteiger partial charge in [-0.3, -0.25) is 14.8 Å². The van der Waals surface area contributed by atoms with Crippen molar-refractivity contribution >= 4 is 29.9 Å². The number of likely N-dealkylation sites (tertiary alicyclic amines) is 3. The van der Waals surface area contributed by atoms with Crippen LogP contribution in [0.5, 0.6) is 0 Å². The molecule has 0 aliphatic carbocycles. The summed E-state index contributed by atoms with van der Waals surface area (Å²) in [4.78, 5) is 15.7. The number of nitrogens with zero attached hydrogens (tertiary/aromatic N) is 5. The third-order valence-electron chi connectivity index (χ3n) is 7.83. The van der Waals surface area contributed by atoms with Crippen LogP contribution in [-0.2, 0) is 4.74 Å². The number of halogens is 1. The van der Waals surface area contributed by atoms with Gasteiger partial charge in [-0.05, 0) is 72.3 Å². The van der Waals surface area contributed by atoms with Crippen LogP contribution in [0.3, 0.4) is 0 Å². The van der Waals surface area contributed by atoms with Crippen LogP contribution >= 0.6 is 24.0 Å². The average molecular weight is 549 g/mol. The number of rotatable bonds is 5. The normalized spacial score (nSPS) is 29.0. The summed E-state index contributed by atoms with van der Waals surface area (Å²) in [7, 11) is 2.27. The lowest BCUT2D eigenvalue weighted by Crippen LogP contribution is -2.58. The van der Waals surface area contributed by atoms with Crippen LogP contribution in [0.15, 0.2) is 4.99 Å². The second kappa shape index (κ2) is 12.3. The van der Waals surface area contributed by atoms with Gasteiger partial charge in [0.15, 0.2) is 5.96 Å². The molecular weight excluding hydrogens is 503 g/mol. The molecule has 0 bridgehead atoms. The molecule has 4 aliphatic heterocycles. The molecule has 4 aliphatic rings. The second-order valence-electron chi connectivity index (χ2n) is 9.78. The van der Waals surface area contributed by atoms with Gasteiger partial charge < -0.3 is 19.9 Å². The highest BCUT2D eigenvalue weighted by Crippen LogP contribution is 2.32. The van der Waals surface area contributed by atoms with Gasteiger partial charge >= 0.3 is 0 Å². The van der Waals surface area contributed by atoms with E-state index in [0.29, 0.717) is 6.04 Å². The Morgan fingerprint density at radius 1 is 1.00 bits per heavy atom. The molecule has 7 nitrogen and oxygen atoms in total. The van der Waals surface area contributed by atoms with Crippen molar-refractivity contribution in [1.29, 1.82) is 0 Å². The van der Waals surface area contributed by atoms with Crippen LogP contribution in [0.25, 0.3) is 0 Å². The standard InChI is InChI=1S/C23H44N6O.HI/c1-3-24-22(28-12-7-21(19-28)27-15-17-30-18-16-27)25-20-23(8-13-26(2)14-9-23)29-10-5-4-6-11-29;/h21H,3-20H2,1-2H3,(H,24,25);1H. The van der Waals surface area contributed by atoms with Crippen molar-refractivity contribution in [3.05, 3.63) is 0 Å². The number of piperidine rings is 2. The Balaban J connectivity index is 0.00000272. The number of hydrogen-bond acceptors (Lipinski definition) is 5. The predicted octanol–water partition coefficient (Wildman–Crippen LogP) is 1.93. The van der Waals surface area contributed by atoms with E-state index in [2.05, 4.69) is 38.9 Å². The first kappa shape index (κ1) is 25.5. The molecule has 0 spiro atoms. The first-order valence-electron chi connectivity index (χ1n) is 12.5. The summed E-state index contributed by atoms with van der Waals surface area (Å²) < 4.78 is 5.55. The largest absolute Gasteiger partial charge is 0.379 e. The quantitative estimate of drug-likeness (QED) is 0.322. The van der Waals surface area contributed by atoms with Gasteiger partial charge in [-0.1, -0.05) is 6.42 Å². The smallest absolute Gasteiger partial charge is 0.194 e. The maximum Gasteiger partial charge on any atom is 0.194 e. The zero-order valence-corrected chi connectivity index (χ0v) is 22.2. The first-order valence-corrected chi connectivity index (χ1v) is 12.5. The topological polar surface area (TPSA) is 46.6 Å². The minimum Gasteiger partial charge on any atom is -0.379 e. The highest BCUT2D eigenvalue weighted by Gasteiger charge is 2.40. The fraction of sp³-hybridized carbons (Fsp3) is 0.957. The minimum absolute atomic E-state index is 0. The van der Waals surface area contributed by atoms with Gasteiger partial charge in [0.25, 0.3) is 0 Å². The summed E-state index contributed by atoms with van der Waals surface area (Å²) in [5.74, 6) is 1.14. The molecule has 1 unspecified atom stereocenters. The number of nitrogens with one attached hydrogen (secondary N) is 1. The van der Waals surface area contributed by atoms with E-state index in [0.717, 1.165) is 58.4 Å². The molecule has 4 heterocycles. The van der Waals surface area contributed by atoms with Crippen molar-refractivity contribution in [3.8, 4) is 0 Å². The van der Waals surface area contributed by atoms with E-state index in [4.69, 9.17) is 9.73 Å². The lowest BCUT2D eigenvalue weighted by Gasteiger charge is -2.49. The van der Waals surface area contributed by atoms with Crippen molar-refractivity contribution in [3.63, 3.8) is 0 Å². The van der Waals surface area contributed by atoms with Gasteiger partial charge in [0.2, 0.25) is 0 Å². The Kier molecular flexibility index (Phi) is 10.1. The van der Waals surface area contributed by atoms with E-state index >= 15 is 0 Å². The van der Waals surface area contributed by atoms with Crippen molar-refractivity contribution in [2.75, 3.05) is 85.7 Å². The molecule has 1 atom stereocenters. The van der Waals surface area contributed by atoms with Crippen molar-refractivity contribution in [1.82, 2.24) is 24.9 Å². The summed E-state index contributed by atoms with van der Waals surface area (Å²) in [5, 5.41) is 3.62. The summed E-state index contributed by atoms with van der Waals surface area (Å²) in [6.45, 7) is 15.2. The predicted molar refractivity (Wildman–Crippen MR) is 139 cm³/mol. The van der Waals surface area contributed by atoms with E-state index in [9.17, 15) is 0 Å². The molecule has 4 rings (SSSR count). The van der Waals surface area contributed by atoms with Gasteiger partial charge in [-0.2, -0.15) is 0 Å². The Morgan fingerprint density at radius 2 is 1.71 bits per heavy atom. The fourth-order valence-corrected chi connectivity index (χ4v) is 5.80. The molecule has 180 valence electrons. The van der Waals surface area contributed by atoms with Crippen LogP contribution in [0.4, 0.5) is 0 Å². The Hall–Kier alpha value is -0.160. The average Bonchev–Trinajstić information content (AvgIpc) is 3.29. The van der Waals surface area contributed by atoms with Crippen LogP contribution in [-0.4, -0.2) is 123 Å². The highest BCUT2D eigenvalue weighted by atomic mass is 127. The van der Waals surface area contributed by atoms with E-state index in [-0.39, 0.29) is 29.5 Å². The molecule has 0 aromatic carbocycles. The van der Waals surface area contributed by atoms with Crippen molar-refractivity contribution in [2.24, 2.45) is 4.99 Å². The summed E-state index contributed by atoms with van der Waals surface area (Å²) in [6, 6.07) is 0.650. The number of hydrogen-bond donors (Lipinski definition) is 1. The molecule has 0 aromatic heterocycles. The maximum atomic E-state index is 5.55. The van der Waals surface area contributed by atoms with Gasteiger partial charge in [0.05, 0.1) is 19.8 Å². The Labute approximate surface area is 206 Å². The number of morpholine rings is 1. The highest BCUT2D eigenvalue weighted by molar-refractivity contribution is 14.0. The van der Waals surface area contributed by atoms with Crippen LogP contribution in [0, 0.1) is 0 Å². The maximum absolute atomic E-state index is 5.55. The van der Waals surface area contributed by atoms with Crippen molar-refractivity contribution in [2.45, 2.75) is 57.0 Å². The van der Waals surface area contributed by atoms with E-state index < -0.39 is 0 Å². The summed E-state index contributed by atoms with van der Waals surface area (Å²) in [6.07, 6.45) is 7.86. The van der Waals surface area contributed by atoms with Crippen LogP contribution in [0.1, 0.15) is 45.4 Å². The zero-order valence-electron chi connectivity index (χ0n) is 19.9. The van der Waals surface area contributed by atoms with Gasteiger partial charge in [-0.25, -0.2) is 0 Å². The number of guanidine groups is 1. The molecule has 1 N–H and O–H groups in total. The van der Waals surface area contributed by atoms with Gasteiger partial charge in [0, 0.05) is 44.3 Å². The van der Waals surface area contributed by atoms with E-state index in [1.54, 1.807) is 0 Å². The third-order valence-corrected chi connectivity index (χ3v) is 7.83. The Bertz CT molecular complexity index is 556. The number of ether oxygens (including phenoxy) is 1. The lowest BCUT2D eigenvalue weighted by molar-refractivity contribution is 0.0190. The molecule has 0 aromatic rings. The third kappa shape index (κ3) is 6.46. The fourth-order valence-electron chi connectivity index (χ4n) is 5.80. The van der Waals surface area contributed by atoms with Crippen LogP contribution in [0.2, 0.25) is 0 Å². The zero-order chi connectivity index (χ0) is 20.8. The lowest BCUT2D eigenvalue weighted by atomic mass is 9.84. The molecular formula is C23H45IN6O. The molecule has 0 radical (unpaired) electrons. The molecule has 4 saturated heterocycles. The van der Waals surface area contributed by atoms with Gasteiger partial charge in [-0.15, -0.1) is 24.0 Å². The second-order valence-corrected chi connectivity index (χ2v) is 9.78. The monoisotopic (exact) mass is 548 g/mol. The molecule has 31 heavy (non-hydrogen) atoms. The van der Waals surface area contributed by atoms with Crippen LogP contribution < -0.4 is 5.32 Å². The molecule has 4 fully saturated rings. The van der Waals surface area contributed by atoms with Gasteiger partial charge in [0.1, 0.15) is 0 Å². The van der Waals surface area contributed by atoms with E-state index in [1.165, 1.54) is 64.7 Å². The summed E-state index contributed by atoms with van der Waals surface area (Å²) in [5.41, 5.74) is 0.261. The minimum atomic E-state index is 0.